The van der Waals surface area contributed by atoms with Crippen LogP contribution in [0, 0.1) is 6.92 Å². The first-order chi connectivity index (χ1) is 9.03. The number of benzene rings is 1. The van der Waals surface area contributed by atoms with Crippen LogP contribution in [-0.4, -0.2) is 5.97 Å². The highest BCUT2D eigenvalue weighted by Gasteiger charge is 2.37. The molecule has 0 heterocycles. The zero-order valence-corrected chi connectivity index (χ0v) is 11.9. The summed E-state index contributed by atoms with van der Waals surface area (Å²) < 4.78 is 5.83. The summed E-state index contributed by atoms with van der Waals surface area (Å²) in [6.07, 6.45) is 5.26. The van der Waals surface area contributed by atoms with E-state index >= 15 is 0 Å². The fourth-order valence-electron chi connectivity index (χ4n) is 2.69. The molecular formula is C17H22O2. The van der Waals surface area contributed by atoms with Crippen molar-refractivity contribution in [1.29, 1.82) is 0 Å². The molecule has 0 bridgehead atoms. The molecule has 0 radical (unpaired) electrons. The van der Waals surface area contributed by atoms with E-state index in [1.807, 2.05) is 0 Å². The molecular weight excluding hydrogens is 236 g/mol. The van der Waals surface area contributed by atoms with Crippen LogP contribution in [0.2, 0.25) is 0 Å². The minimum Gasteiger partial charge on any atom is -0.451 e. The molecule has 0 spiro atoms. The van der Waals surface area contributed by atoms with Gasteiger partial charge in [-0.05, 0) is 45.1 Å². The van der Waals surface area contributed by atoms with Crippen molar-refractivity contribution in [2.45, 2.75) is 51.6 Å². The summed E-state index contributed by atoms with van der Waals surface area (Å²) in [6.45, 7) is 7.45. The lowest BCUT2D eigenvalue weighted by atomic mass is 9.79. The fraction of sp³-hybridized carbons (Fsp3) is 0.471. The number of ether oxygens (including phenoxy) is 1. The molecule has 1 aromatic rings. The molecule has 0 amide bonds. The lowest BCUT2D eigenvalue weighted by molar-refractivity contribution is -0.160. The SMILES string of the molecule is C=C(C)C(=O)OC1(c2ccc(C)cc2)CCCCC1. The van der Waals surface area contributed by atoms with E-state index in [4.69, 9.17) is 4.74 Å². The van der Waals surface area contributed by atoms with Crippen LogP contribution >= 0.6 is 0 Å². The molecule has 1 aliphatic rings. The van der Waals surface area contributed by atoms with Gasteiger partial charge in [0.2, 0.25) is 0 Å². The summed E-state index contributed by atoms with van der Waals surface area (Å²) in [5, 5.41) is 0. The van der Waals surface area contributed by atoms with Crippen LogP contribution in [0.15, 0.2) is 36.4 Å². The first-order valence-corrected chi connectivity index (χ1v) is 6.99. The van der Waals surface area contributed by atoms with Gasteiger partial charge in [-0.15, -0.1) is 0 Å². The molecule has 2 heteroatoms. The van der Waals surface area contributed by atoms with Gasteiger partial charge in [-0.3, -0.25) is 0 Å². The van der Waals surface area contributed by atoms with Gasteiger partial charge in [0.15, 0.2) is 0 Å². The summed E-state index contributed by atoms with van der Waals surface area (Å²) >= 11 is 0. The monoisotopic (exact) mass is 258 g/mol. The van der Waals surface area contributed by atoms with Gasteiger partial charge in [0.25, 0.3) is 0 Å². The molecule has 0 saturated heterocycles. The second kappa shape index (κ2) is 5.60. The molecule has 19 heavy (non-hydrogen) atoms. The average Bonchev–Trinajstić information content (AvgIpc) is 2.40. The number of aryl methyl sites for hydroxylation is 1. The zero-order chi connectivity index (χ0) is 13.9. The van der Waals surface area contributed by atoms with Crippen LogP contribution in [0.25, 0.3) is 0 Å². The van der Waals surface area contributed by atoms with Crippen LogP contribution in [-0.2, 0) is 15.1 Å². The van der Waals surface area contributed by atoms with Crippen molar-refractivity contribution in [2.75, 3.05) is 0 Å². The highest BCUT2D eigenvalue weighted by molar-refractivity contribution is 5.87. The van der Waals surface area contributed by atoms with Crippen molar-refractivity contribution in [3.8, 4) is 0 Å². The second-order valence-electron chi connectivity index (χ2n) is 5.59. The summed E-state index contributed by atoms with van der Waals surface area (Å²) in [4.78, 5) is 11.9. The predicted octanol–water partition coefficient (Wildman–Crippen LogP) is 4.27. The minimum atomic E-state index is -0.442. The van der Waals surface area contributed by atoms with Crippen molar-refractivity contribution in [3.05, 3.63) is 47.5 Å². The van der Waals surface area contributed by atoms with Crippen LogP contribution in [0.1, 0.15) is 50.2 Å². The maximum atomic E-state index is 11.9. The Hall–Kier alpha value is -1.57. The number of esters is 1. The highest BCUT2D eigenvalue weighted by Crippen LogP contribution is 2.41. The lowest BCUT2D eigenvalue weighted by Gasteiger charge is -2.37. The summed E-state index contributed by atoms with van der Waals surface area (Å²) in [5.74, 6) is -0.275. The molecule has 102 valence electrons. The van der Waals surface area contributed by atoms with Crippen molar-refractivity contribution in [2.24, 2.45) is 0 Å². The number of hydrogen-bond donors (Lipinski definition) is 0. The standard InChI is InChI=1S/C17H22O2/c1-13(2)16(18)19-17(11-5-4-6-12-17)15-9-7-14(3)8-10-15/h7-10H,1,4-6,11-12H2,2-3H3. The highest BCUT2D eigenvalue weighted by atomic mass is 16.6. The van der Waals surface area contributed by atoms with Crippen LogP contribution in [0.3, 0.4) is 0 Å². The maximum absolute atomic E-state index is 11.9. The number of rotatable bonds is 3. The van der Waals surface area contributed by atoms with E-state index in [-0.39, 0.29) is 5.97 Å². The Labute approximate surface area is 115 Å². The predicted molar refractivity (Wildman–Crippen MR) is 76.8 cm³/mol. The topological polar surface area (TPSA) is 26.3 Å². The van der Waals surface area contributed by atoms with E-state index in [0.717, 1.165) is 31.2 Å². The molecule has 2 rings (SSSR count). The van der Waals surface area contributed by atoms with E-state index in [1.165, 1.54) is 12.0 Å². The van der Waals surface area contributed by atoms with Crippen molar-refractivity contribution in [3.63, 3.8) is 0 Å². The molecule has 0 unspecified atom stereocenters. The van der Waals surface area contributed by atoms with Crippen LogP contribution in [0.5, 0.6) is 0 Å². The Morgan fingerprint density at radius 3 is 2.26 bits per heavy atom. The lowest BCUT2D eigenvalue weighted by Crippen LogP contribution is -2.35. The second-order valence-corrected chi connectivity index (χ2v) is 5.59. The van der Waals surface area contributed by atoms with Crippen molar-refractivity contribution >= 4 is 5.97 Å². The third-order valence-electron chi connectivity index (χ3n) is 3.88. The van der Waals surface area contributed by atoms with Crippen LogP contribution in [0.4, 0.5) is 0 Å². The quantitative estimate of drug-likeness (QED) is 0.597. The fourth-order valence-corrected chi connectivity index (χ4v) is 2.69. The van der Waals surface area contributed by atoms with Gasteiger partial charge in [-0.25, -0.2) is 4.79 Å². The van der Waals surface area contributed by atoms with Crippen molar-refractivity contribution < 1.29 is 9.53 Å². The van der Waals surface area contributed by atoms with Gasteiger partial charge in [-0.2, -0.15) is 0 Å². The van der Waals surface area contributed by atoms with E-state index < -0.39 is 5.60 Å². The normalized spacial score (nSPS) is 17.8. The third kappa shape index (κ3) is 3.06. The minimum absolute atomic E-state index is 0.275. The molecule has 0 aromatic heterocycles. The number of carbonyl (C=O) groups is 1. The molecule has 2 nitrogen and oxygen atoms in total. The van der Waals surface area contributed by atoms with E-state index in [1.54, 1.807) is 6.92 Å². The molecule has 1 aromatic carbocycles. The van der Waals surface area contributed by atoms with Gasteiger partial charge >= 0.3 is 5.97 Å². The Kier molecular flexibility index (Phi) is 4.08. The first-order valence-electron chi connectivity index (χ1n) is 6.99. The smallest absolute Gasteiger partial charge is 0.333 e. The van der Waals surface area contributed by atoms with Gasteiger partial charge in [0, 0.05) is 5.57 Å². The molecule has 1 aliphatic carbocycles. The first kappa shape index (κ1) is 13.9. The largest absolute Gasteiger partial charge is 0.451 e. The molecule has 0 atom stereocenters. The average molecular weight is 258 g/mol. The van der Waals surface area contributed by atoms with Gasteiger partial charge in [-0.1, -0.05) is 42.8 Å². The molecule has 1 saturated carbocycles. The Balaban J connectivity index is 2.31. The van der Waals surface area contributed by atoms with E-state index in [0.29, 0.717) is 5.57 Å². The summed E-state index contributed by atoms with van der Waals surface area (Å²) in [5.41, 5.74) is 2.37. The maximum Gasteiger partial charge on any atom is 0.333 e. The molecule has 0 N–H and O–H groups in total. The third-order valence-corrected chi connectivity index (χ3v) is 3.88. The van der Waals surface area contributed by atoms with Gasteiger partial charge in [0.05, 0.1) is 0 Å². The summed E-state index contributed by atoms with van der Waals surface area (Å²) in [7, 11) is 0. The van der Waals surface area contributed by atoms with E-state index in [2.05, 4.69) is 37.8 Å². The molecule has 1 fully saturated rings. The summed E-state index contributed by atoms with van der Waals surface area (Å²) in [6, 6.07) is 8.35. The molecule has 0 aliphatic heterocycles. The number of hydrogen-bond acceptors (Lipinski definition) is 2. The Morgan fingerprint density at radius 1 is 1.16 bits per heavy atom. The number of carbonyl (C=O) groups excluding carboxylic acids is 1. The van der Waals surface area contributed by atoms with E-state index in [9.17, 15) is 4.79 Å². The zero-order valence-electron chi connectivity index (χ0n) is 11.9. The van der Waals surface area contributed by atoms with Crippen LogP contribution < -0.4 is 0 Å². The Morgan fingerprint density at radius 2 is 1.74 bits per heavy atom. The van der Waals surface area contributed by atoms with Gasteiger partial charge in [0.1, 0.15) is 5.60 Å². The van der Waals surface area contributed by atoms with Gasteiger partial charge < -0.3 is 4.74 Å². The van der Waals surface area contributed by atoms with Crippen molar-refractivity contribution in [1.82, 2.24) is 0 Å². The Bertz CT molecular complexity index is 465.